The van der Waals surface area contributed by atoms with Crippen LogP contribution in [-0.2, 0) is 12.2 Å². The van der Waals surface area contributed by atoms with Crippen molar-refractivity contribution in [2.24, 2.45) is 0 Å². The number of halogens is 3. The first-order valence-electron chi connectivity index (χ1n) is 9.07. The predicted octanol–water partition coefficient (Wildman–Crippen LogP) is 7.66. The highest BCUT2D eigenvalue weighted by Crippen LogP contribution is 2.34. The van der Waals surface area contributed by atoms with Gasteiger partial charge in [0.15, 0.2) is 0 Å². The molecular formula is C22H16Cl3N3OS. The first-order chi connectivity index (χ1) is 14.6. The van der Waals surface area contributed by atoms with Crippen LogP contribution in [0.1, 0.15) is 17.0 Å². The van der Waals surface area contributed by atoms with E-state index in [1.807, 2.05) is 54.6 Å². The Morgan fingerprint density at radius 2 is 1.63 bits per heavy atom. The van der Waals surface area contributed by atoms with Crippen molar-refractivity contribution < 1.29 is 4.42 Å². The van der Waals surface area contributed by atoms with Crippen LogP contribution in [0.3, 0.4) is 0 Å². The number of nitrogens with zero attached hydrogens (tertiary/aromatic N) is 2. The average molecular weight is 477 g/mol. The van der Waals surface area contributed by atoms with Crippen LogP contribution < -0.4 is 5.32 Å². The van der Waals surface area contributed by atoms with Gasteiger partial charge in [0.2, 0.25) is 5.89 Å². The van der Waals surface area contributed by atoms with Gasteiger partial charge in [-0.25, -0.2) is 0 Å². The van der Waals surface area contributed by atoms with Gasteiger partial charge >= 0.3 is 0 Å². The Bertz CT molecular complexity index is 1150. The fourth-order valence-electron chi connectivity index (χ4n) is 2.85. The molecule has 1 heterocycles. The van der Waals surface area contributed by atoms with Crippen molar-refractivity contribution in [3.8, 4) is 0 Å². The normalized spacial score (nSPS) is 10.9. The molecule has 0 amide bonds. The molecule has 4 aromatic rings. The molecule has 0 aliphatic carbocycles. The summed E-state index contributed by atoms with van der Waals surface area (Å²) in [5, 5.41) is 14.0. The van der Waals surface area contributed by atoms with Gasteiger partial charge in [-0.05, 0) is 41.5 Å². The van der Waals surface area contributed by atoms with E-state index in [0.717, 1.165) is 16.8 Å². The Morgan fingerprint density at radius 3 is 2.43 bits per heavy atom. The lowest BCUT2D eigenvalue weighted by atomic mass is 10.1. The molecule has 0 saturated heterocycles. The maximum absolute atomic E-state index is 6.29. The van der Waals surface area contributed by atoms with Crippen molar-refractivity contribution in [1.82, 2.24) is 10.2 Å². The van der Waals surface area contributed by atoms with Crippen molar-refractivity contribution in [1.29, 1.82) is 0 Å². The number of para-hydroxylation sites is 2. The lowest BCUT2D eigenvalue weighted by molar-refractivity contribution is 0.420. The Labute approximate surface area is 193 Å². The van der Waals surface area contributed by atoms with Crippen LogP contribution in [0.15, 0.2) is 76.4 Å². The van der Waals surface area contributed by atoms with Gasteiger partial charge in [0, 0.05) is 16.5 Å². The largest absolute Gasteiger partial charge is 0.416 e. The van der Waals surface area contributed by atoms with E-state index < -0.39 is 0 Å². The Hall–Kier alpha value is -2.18. The minimum absolute atomic E-state index is 0.482. The van der Waals surface area contributed by atoms with Gasteiger partial charge in [-0.3, -0.25) is 0 Å². The number of benzene rings is 3. The molecule has 0 atom stereocenters. The monoisotopic (exact) mass is 475 g/mol. The molecular weight excluding hydrogens is 461 g/mol. The average Bonchev–Trinajstić information content (AvgIpc) is 3.18. The van der Waals surface area contributed by atoms with Gasteiger partial charge in [-0.15, -0.1) is 10.2 Å². The van der Waals surface area contributed by atoms with Gasteiger partial charge in [0.1, 0.15) is 0 Å². The van der Waals surface area contributed by atoms with Crippen LogP contribution in [0.4, 0.5) is 11.4 Å². The first kappa shape index (κ1) is 21.1. The molecule has 0 aliphatic rings. The first-order valence-corrected chi connectivity index (χ1v) is 11.2. The summed E-state index contributed by atoms with van der Waals surface area (Å²) in [7, 11) is 0. The summed E-state index contributed by atoms with van der Waals surface area (Å²) < 4.78 is 5.82. The molecule has 0 aliphatic heterocycles. The zero-order valence-electron chi connectivity index (χ0n) is 15.6. The second-order valence-electron chi connectivity index (χ2n) is 6.44. The van der Waals surface area contributed by atoms with Crippen LogP contribution >= 0.6 is 46.6 Å². The van der Waals surface area contributed by atoms with E-state index in [4.69, 9.17) is 39.2 Å². The molecule has 0 fully saturated rings. The van der Waals surface area contributed by atoms with Crippen LogP contribution in [0.5, 0.6) is 0 Å². The van der Waals surface area contributed by atoms with E-state index in [-0.39, 0.29) is 0 Å². The van der Waals surface area contributed by atoms with E-state index in [0.29, 0.717) is 44.0 Å². The molecule has 4 rings (SSSR count). The summed E-state index contributed by atoms with van der Waals surface area (Å²) in [6.07, 6.45) is 0.482. The third-order valence-corrected chi connectivity index (χ3v) is 6.04. The van der Waals surface area contributed by atoms with Crippen molar-refractivity contribution in [2.75, 3.05) is 5.32 Å². The summed E-state index contributed by atoms with van der Waals surface area (Å²) in [6, 6.07) is 21.0. The highest BCUT2D eigenvalue weighted by Gasteiger charge is 2.13. The SMILES string of the molecule is Clc1cccc(CSc2nnc(Cc3ccccc3Nc3c(Cl)cccc3Cl)o2)c1. The highest BCUT2D eigenvalue weighted by atomic mass is 35.5. The quantitative estimate of drug-likeness (QED) is 0.277. The summed E-state index contributed by atoms with van der Waals surface area (Å²) in [4.78, 5) is 0. The van der Waals surface area contributed by atoms with E-state index in [2.05, 4.69) is 15.5 Å². The van der Waals surface area contributed by atoms with E-state index in [1.165, 1.54) is 11.8 Å². The Balaban J connectivity index is 1.46. The van der Waals surface area contributed by atoms with Gasteiger partial charge in [-0.1, -0.05) is 83.0 Å². The van der Waals surface area contributed by atoms with Gasteiger partial charge in [0.05, 0.1) is 22.2 Å². The van der Waals surface area contributed by atoms with Crippen molar-refractivity contribution >= 4 is 57.9 Å². The molecule has 30 heavy (non-hydrogen) atoms. The van der Waals surface area contributed by atoms with E-state index in [9.17, 15) is 0 Å². The third kappa shape index (κ3) is 5.29. The maximum atomic E-state index is 6.29. The Kier molecular flexibility index (Phi) is 6.85. The van der Waals surface area contributed by atoms with Gasteiger partial charge in [0.25, 0.3) is 5.22 Å². The summed E-state index contributed by atoms with van der Waals surface area (Å²) in [5.41, 5.74) is 3.62. The summed E-state index contributed by atoms with van der Waals surface area (Å²) in [6.45, 7) is 0. The zero-order valence-corrected chi connectivity index (χ0v) is 18.7. The number of aromatic nitrogens is 2. The lowest BCUT2D eigenvalue weighted by Gasteiger charge is -2.13. The third-order valence-electron chi connectivity index (χ3n) is 4.28. The molecule has 0 bridgehead atoms. The van der Waals surface area contributed by atoms with Crippen LogP contribution in [-0.4, -0.2) is 10.2 Å². The van der Waals surface area contributed by atoms with Gasteiger partial charge in [-0.2, -0.15) is 0 Å². The minimum Gasteiger partial charge on any atom is -0.416 e. The lowest BCUT2D eigenvalue weighted by Crippen LogP contribution is -1.98. The maximum Gasteiger partial charge on any atom is 0.276 e. The Morgan fingerprint density at radius 1 is 0.867 bits per heavy atom. The van der Waals surface area contributed by atoms with Crippen molar-refractivity contribution in [3.63, 3.8) is 0 Å². The smallest absolute Gasteiger partial charge is 0.276 e. The number of anilines is 2. The van der Waals surface area contributed by atoms with E-state index >= 15 is 0 Å². The second kappa shape index (κ2) is 9.75. The minimum atomic E-state index is 0.482. The molecule has 1 N–H and O–H groups in total. The summed E-state index contributed by atoms with van der Waals surface area (Å²) >= 11 is 20.1. The molecule has 3 aromatic carbocycles. The standard InChI is InChI=1S/C22H16Cl3N3OS/c23-16-7-3-5-14(11-16)13-30-22-28-27-20(29-22)12-15-6-1-2-10-19(15)26-21-17(24)8-4-9-18(21)25/h1-11,26H,12-13H2. The topological polar surface area (TPSA) is 51.0 Å². The molecule has 152 valence electrons. The van der Waals surface area contributed by atoms with Crippen molar-refractivity contribution in [3.05, 3.63) is 98.8 Å². The predicted molar refractivity (Wildman–Crippen MR) is 124 cm³/mol. The fraction of sp³-hybridized carbons (Fsp3) is 0.0909. The molecule has 0 spiro atoms. The summed E-state index contributed by atoms with van der Waals surface area (Å²) in [5.74, 6) is 1.23. The fourth-order valence-corrected chi connectivity index (χ4v) is 4.28. The second-order valence-corrected chi connectivity index (χ2v) is 8.61. The zero-order chi connectivity index (χ0) is 20.9. The van der Waals surface area contributed by atoms with Crippen LogP contribution in [0, 0.1) is 0 Å². The molecule has 1 aromatic heterocycles. The number of thioether (sulfide) groups is 1. The molecule has 0 unspecified atom stereocenters. The van der Waals surface area contributed by atoms with Gasteiger partial charge < -0.3 is 9.73 Å². The molecule has 0 saturated carbocycles. The molecule has 0 radical (unpaired) electrons. The highest BCUT2D eigenvalue weighted by molar-refractivity contribution is 7.98. The molecule has 8 heteroatoms. The molecule has 4 nitrogen and oxygen atoms in total. The number of rotatable bonds is 7. The number of nitrogens with one attached hydrogen (secondary N) is 1. The number of hydrogen-bond donors (Lipinski definition) is 1. The number of hydrogen-bond acceptors (Lipinski definition) is 5. The van der Waals surface area contributed by atoms with Crippen molar-refractivity contribution in [2.45, 2.75) is 17.4 Å². The van der Waals surface area contributed by atoms with Crippen LogP contribution in [0.2, 0.25) is 15.1 Å². The van der Waals surface area contributed by atoms with E-state index in [1.54, 1.807) is 12.1 Å². The van der Waals surface area contributed by atoms with Crippen LogP contribution in [0.25, 0.3) is 0 Å².